The van der Waals surface area contributed by atoms with Crippen molar-refractivity contribution in [2.75, 3.05) is 38.1 Å². The average molecular weight is 554 g/mol. The molecule has 0 unspecified atom stereocenters. The molecule has 3 aromatic rings. The first kappa shape index (κ1) is 30.1. The molecule has 12 nitrogen and oxygen atoms in total. The van der Waals surface area contributed by atoms with Crippen molar-refractivity contribution in [3.8, 4) is 17.2 Å². The van der Waals surface area contributed by atoms with E-state index >= 15 is 0 Å². The SMILES string of the molecule is O=C(NCCCN1CCCC1)Nc1ccc(-c2nnc(CCCCOc3ccccc3)o2)cc1.O=C(O)C(=O)O. The van der Waals surface area contributed by atoms with Crippen LogP contribution in [-0.4, -0.2) is 76.1 Å². The number of benzene rings is 2. The predicted molar refractivity (Wildman–Crippen MR) is 147 cm³/mol. The van der Waals surface area contributed by atoms with Gasteiger partial charge >= 0.3 is 18.0 Å². The molecule has 0 aliphatic carbocycles. The van der Waals surface area contributed by atoms with Gasteiger partial charge in [-0.1, -0.05) is 18.2 Å². The van der Waals surface area contributed by atoms with Crippen molar-refractivity contribution < 1.29 is 33.8 Å². The van der Waals surface area contributed by atoms with Crippen LogP contribution < -0.4 is 15.4 Å². The Labute approximate surface area is 232 Å². The van der Waals surface area contributed by atoms with E-state index in [1.807, 2.05) is 54.6 Å². The molecule has 40 heavy (non-hydrogen) atoms. The molecule has 4 N–H and O–H groups in total. The minimum absolute atomic E-state index is 0.189. The lowest BCUT2D eigenvalue weighted by Gasteiger charge is -2.14. The third-order valence-corrected chi connectivity index (χ3v) is 5.97. The van der Waals surface area contributed by atoms with Gasteiger partial charge in [-0.05, 0) is 88.1 Å². The predicted octanol–water partition coefficient (Wildman–Crippen LogP) is 3.90. The van der Waals surface area contributed by atoms with Crippen LogP contribution in [0.15, 0.2) is 59.0 Å². The number of carbonyl (C=O) groups excluding carboxylic acids is 1. The average Bonchev–Trinajstić information content (AvgIpc) is 3.65. The summed E-state index contributed by atoms with van der Waals surface area (Å²) in [5.41, 5.74) is 1.54. The number of rotatable bonds is 12. The largest absolute Gasteiger partial charge is 0.494 e. The third kappa shape index (κ3) is 11.1. The zero-order valence-corrected chi connectivity index (χ0v) is 22.3. The topological polar surface area (TPSA) is 167 Å². The quantitative estimate of drug-likeness (QED) is 0.191. The van der Waals surface area contributed by atoms with E-state index < -0.39 is 11.9 Å². The van der Waals surface area contributed by atoms with Crippen molar-refractivity contribution >= 4 is 23.7 Å². The van der Waals surface area contributed by atoms with Crippen molar-refractivity contribution in [2.45, 2.75) is 38.5 Å². The molecule has 1 aliphatic rings. The first-order valence-corrected chi connectivity index (χ1v) is 13.2. The Morgan fingerprint density at radius 2 is 1.60 bits per heavy atom. The normalized spacial score (nSPS) is 12.7. The number of hydrogen-bond donors (Lipinski definition) is 4. The van der Waals surface area contributed by atoms with E-state index in [2.05, 4.69) is 25.7 Å². The van der Waals surface area contributed by atoms with Crippen LogP contribution in [0.3, 0.4) is 0 Å². The standard InChI is InChI=1S/C26H33N5O3.C2H2O4/c32-26(27-16-8-19-31-17-5-6-18-31)28-22-14-12-21(13-15-22)25-30-29-24(34-25)11-4-7-20-33-23-9-2-1-3-10-23;3-1(4)2(5)6/h1-3,9-10,12-15H,4-8,11,16-20H2,(H2,27,28,32);(H,3,4)(H,5,6). The molecule has 214 valence electrons. The van der Waals surface area contributed by atoms with Crippen molar-refractivity contribution in [3.05, 3.63) is 60.5 Å². The number of carboxylic acid groups (broad SMARTS) is 2. The molecule has 1 fully saturated rings. The summed E-state index contributed by atoms with van der Waals surface area (Å²) in [7, 11) is 0. The van der Waals surface area contributed by atoms with Gasteiger partial charge in [0, 0.05) is 24.2 Å². The Balaban J connectivity index is 0.000000663. The van der Waals surface area contributed by atoms with Crippen LogP contribution >= 0.6 is 0 Å². The summed E-state index contributed by atoms with van der Waals surface area (Å²) >= 11 is 0. The number of nitrogens with one attached hydrogen (secondary N) is 2. The summed E-state index contributed by atoms with van der Waals surface area (Å²) < 4.78 is 11.5. The fourth-order valence-electron chi connectivity index (χ4n) is 3.94. The fraction of sp³-hybridized carbons (Fsp3) is 0.393. The Bertz CT molecular complexity index is 1180. The van der Waals surface area contributed by atoms with Gasteiger partial charge < -0.3 is 34.9 Å². The second-order valence-corrected chi connectivity index (χ2v) is 9.09. The van der Waals surface area contributed by atoms with Gasteiger partial charge in [-0.25, -0.2) is 14.4 Å². The molecule has 0 saturated carbocycles. The highest BCUT2D eigenvalue weighted by Gasteiger charge is 2.11. The zero-order valence-electron chi connectivity index (χ0n) is 22.3. The second kappa shape index (κ2) is 16.5. The van der Waals surface area contributed by atoms with Crippen LogP contribution in [0, 0.1) is 0 Å². The van der Waals surface area contributed by atoms with Gasteiger partial charge in [0.2, 0.25) is 11.8 Å². The van der Waals surface area contributed by atoms with E-state index in [-0.39, 0.29) is 6.03 Å². The number of amides is 2. The fourth-order valence-corrected chi connectivity index (χ4v) is 3.94. The van der Waals surface area contributed by atoms with Crippen LogP contribution in [-0.2, 0) is 16.0 Å². The van der Waals surface area contributed by atoms with Crippen LogP contribution in [0.2, 0.25) is 0 Å². The van der Waals surface area contributed by atoms with E-state index in [1.54, 1.807) is 0 Å². The first-order valence-electron chi connectivity index (χ1n) is 13.2. The lowest BCUT2D eigenvalue weighted by atomic mass is 10.2. The highest BCUT2D eigenvalue weighted by Crippen LogP contribution is 2.21. The Kier molecular flexibility index (Phi) is 12.4. The number of aromatic nitrogens is 2. The highest BCUT2D eigenvalue weighted by molar-refractivity contribution is 6.27. The van der Waals surface area contributed by atoms with Crippen molar-refractivity contribution in [1.29, 1.82) is 0 Å². The molecule has 4 rings (SSSR count). The van der Waals surface area contributed by atoms with E-state index in [0.29, 0.717) is 31.4 Å². The Hall–Kier alpha value is -4.45. The summed E-state index contributed by atoms with van der Waals surface area (Å²) in [5.74, 6) is -1.67. The molecule has 2 aromatic carbocycles. The molecule has 12 heteroatoms. The number of unbranched alkanes of at least 4 members (excludes halogenated alkanes) is 1. The maximum absolute atomic E-state index is 12.1. The van der Waals surface area contributed by atoms with Crippen LogP contribution in [0.4, 0.5) is 10.5 Å². The molecular weight excluding hydrogens is 518 g/mol. The highest BCUT2D eigenvalue weighted by atomic mass is 16.5. The third-order valence-electron chi connectivity index (χ3n) is 5.97. The molecular formula is C28H35N5O7. The maximum atomic E-state index is 12.1. The Morgan fingerprint density at radius 3 is 2.27 bits per heavy atom. The van der Waals surface area contributed by atoms with Crippen LogP contribution in [0.5, 0.6) is 5.75 Å². The summed E-state index contributed by atoms with van der Waals surface area (Å²) in [6.07, 6.45) is 6.07. The molecule has 1 aromatic heterocycles. The monoisotopic (exact) mass is 553 g/mol. The number of hydrogen-bond acceptors (Lipinski definition) is 8. The van der Waals surface area contributed by atoms with E-state index in [1.165, 1.54) is 25.9 Å². The van der Waals surface area contributed by atoms with E-state index in [9.17, 15) is 4.79 Å². The van der Waals surface area contributed by atoms with Gasteiger partial charge in [-0.15, -0.1) is 10.2 Å². The van der Waals surface area contributed by atoms with Gasteiger partial charge in [0.05, 0.1) is 6.61 Å². The maximum Gasteiger partial charge on any atom is 0.414 e. The molecule has 0 spiro atoms. The minimum Gasteiger partial charge on any atom is -0.494 e. The summed E-state index contributed by atoms with van der Waals surface area (Å²) in [6, 6.07) is 17.0. The number of ether oxygens (including phenoxy) is 1. The lowest BCUT2D eigenvalue weighted by Crippen LogP contribution is -2.31. The number of carbonyl (C=O) groups is 3. The van der Waals surface area contributed by atoms with Crippen molar-refractivity contribution in [1.82, 2.24) is 20.4 Å². The molecule has 1 aliphatic heterocycles. The summed E-state index contributed by atoms with van der Waals surface area (Å²) in [4.78, 5) is 32.8. The molecule has 1 saturated heterocycles. The number of nitrogens with zero attached hydrogens (tertiary/aromatic N) is 3. The minimum atomic E-state index is -1.82. The number of anilines is 1. The van der Waals surface area contributed by atoms with Gasteiger partial charge in [0.1, 0.15) is 5.75 Å². The van der Waals surface area contributed by atoms with Gasteiger partial charge in [-0.2, -0.15) is 0 Å². The van der Waals surface area contributed by atoms with Crippen LogP contribution in [0.25, 0.3) is 11.5 Å². The number of carboxylic acids is 2. The molecule has 2 amide bonds. The number of aryl methyl sites for hydroxylation is 1. The van der Waals surface area contributed by atoms with Gasteiger partial charge in [0.15, 0.2) is 0 Å². The molecule has 0 radical (unpaired) electrons. The molecule has 0 bridgehead atoms. The lowest BCUT2D eigenvalue weighted by molar-refractivity contribution is -0.159. The van der Waals surface area contributed by atoms with E-state index in [0.717, 1.165) is 42.8 Å². The Morgan fingerprint density at radius 1 is 0.900 bits per heavy atom. The first-order chi connectivity index (χ1) is 19.4. The van der Waals surface area contributed by atoms with Gasteiger partial charge in [-0.3, -0.25) is 0 Å². The number of urea groups is 1. The molecule has 0 atom stereocenters. The van der Waals surface area contributed by atoms with Gasteiger partial charge in [0.25, 0.3) is 0 Å². The zero-order chi connectivity index (χ0) is 28.6. The number of para-hydroxylation sites is 1. The smallest absolute Gasteiger partial charge is 0.414 e. The van der Waals surface area contributed by atoms with E-state index in [4.69, 9.17) is 29.0 Å². The van der Waals surface area contributed by atoms with Crippen LogP contribution in [0.1, 0.15) is 38.0 Å². The summed E-state index contributed by atoms with van der Waals surface area (Å²) in [6.45, 7) is 4.74. The summed E-state index contributed by atoms with van der Waals surface area (Å²) in [5, 5.41) is 28.9. The van der Waals surface area contributed by atoms with Crippen molar-refractivity contribution in [3.63, 3.8) is 0 Å². The van der Waals surface area contributed by atoms with Crippen molar-refractivity contribution in [2.24, 2.45) is 0 Å². The number of aliphatic carboxylic acids is 2. The second-order valence-electron chi connectivity index (χ2n) is 9.09. The molecule has 2 heterocycles. The number of likely N-dealkylation sites (tertiary alicyclic amines) is 1.